The van der Waals surface area contributed by atoms with Crippen LogP contribution in [0.25, 0.3) is 22.6 Å². The van der Waals surface area contributed by atoms with E-state index in [2.05, 4.69) is 20.3 Å². The van der Waals surface area contributed by atoms with Gasteiger partial charge in [-0.15, -0.1) is 0 Å². The van der Waals surface area contributed by atoms with Crippen LogP contribution in [0.1, 0.15) is 11.5 Å². The fraction of sp³-hybridized carbons (Fsp3) is 0.105. The molecule has 2 aromatic carbocycles. The molecule has 130 valence electrons. The summed E-state index contributed by atoms with van der Waals surface area (Å²) < 4.78 is 10.6. The van der Waals surface area contributed by atoms with E-state index >= 15 is 0 Å². The van der Waals surface area contributed by atoms with Gasteiger partial charge in [-0.25, -0.2) is 0 Å². The molecule has 2 heterocycles. The number of hydrogen-bond donors (Lipinski definition) is 1. The molecule has 0 atom stereocenters. The Balaban J connectivity index is 1.57. The van der Waals surface area contributed by atoms with Gasteiger partial charge in [0.05, 0.1) is 24.2 Å². The highest BCUT2D eigenvalue weighted by molar-refractivity contribution is 6.32. The van der Waals surface area contributed by atoms with Crippen molar-refractivity contribution in [2.24, 2.45) is 0 Å². The van der Waals surface area contributed by atoms with Gasteiger partial charge in [-0.1, -0.05) is 41.0 Å². The number of nitrogens with zero attached hydrogens (tertiary/aromatic N) is 3. The fourth-order valence-electron chi connectivity index (χ4n) is 2.68. The second-order valence-corrected chi connectivity index (χ2v) is 6.12. The highest BCUT2D eigenvalue weighted by Gasteiger charge is 2.11. The van der Waals surface area contributed by atoms with Crippen molar-refractivity contribution >= 4 is 11.6 Å². The van der Waals surface area contributed by atoms with E-state index in [1.165, 1.54) is 0 Å². The molecule has 6 nitrogen and oxygen atoms in total. The van der Waals surface area contributed by atoms with Gasteiger partial charge in [0.2, 0.25) is 11.7 Å². The average Bonchev–Trinajstić information content (AvgIpc) is 3.34. The number of hydrogen-bond acceptors (Lipinski definition) is 5. The maximum Gasteiger partial charge on any atom is 0.231 e. The van der Waals surface area contributed by atoms with Gasteiger partial charge >= 0.3 is 0 Å². The first-order chi connectivity index (χ1) is 12.7. The van der Waals surface area contributed by atoms with Gasteiger partial charge in [0, 0.05) is 17.3 Å². The number of halogens is 1. The van der Waals surface area contributed by atoms with Gasteiger partial charge in [-0.05, 0) is 29.8 Å². The van der Waals surface area contributed by atoms with Gasteiger partial charge < -0.3 is 9.26 Å². The molecule has 4 rings (SSSR count). The number of methoxy groups -OCH3 is 1. The Morgan fingerprint density at radius 2 is 2.00 bits per heavy atom. The summed E-state index contributed by atoms with van der Waals surface area (Å²) in [6.07, 6.45) is 2.21. The van der Waals surface area contributed by atoms with Crippen molar-refractivity contribution in [3.8, 4) is 28.4 Å². The largest absolute Gasteiger partial charge is 0.495 e. The minimum absolute atomic E-state index is 0.497. The summed E-state index contributed by atoms with van der Waals surface area (Å²) in [7, 11) is 1.59. The molecule has 0 aliphatic carbocycles. The third kappa shape index (κ3) is 3.32. The van der Waals surface area contributed by atoms with Crippen LogP contribution < -0.4 is 4.74 Å². The second kappa shape index (κ2) is 7.01. The first-order valence-electron chi connectivity index (χ1n) is 7.98. The van der Waals surface area contributed by atoms with Crippen LogP contribution in [-0.2, 0) is 6.42 Å². The minimum atomic E-state index is 0.497. The van der Waals surface area contributed by atoms with Crippen molar-refractivity contribution in [1.29, 1.82) is 0 Å². The molecular weight excluding hydrogens is 352 g/mol. The zero-order valence-corrected chi connectivity index (χ0v) is 14.7. The van der Waals surface area contributed by atoms with Crippen LogP contribution in [0.15, 0.2) is 59.3 Å². The van der Waals surface area contributed by atoms with E-state index in [1.54, 1.807) is 13.3 Å². The Bertz CT molecular complexity index is 1030. The third-order valence-electron chi connectivity index (χ3n) is 3.97. The molecule has 26 heavy (non-hydrogen) atoms. The molecule has 0 amide bonds. The van der Waals surface area contributed by atoms with E-state index in [0.29, 0.717) is 28.9 Å². The predicted molar refractivity (Wildman–Crippen MR) is 98.1 cm³/mol. The Kier molecular flexibility index (Phi) is 4.41. The maximum absolute atomic E-state index is 6.16. The van der Waals surface area contributed by atoms with E-state index in [1.807, 2.05) is 48.5 Å². The zero-order valence-electron chi connectivity index (χ0n) is 13.9. The standard InChI is InChI=1S/C19H15ClN4O2/c1-25-17-6-5-12(9-15(17)20)10-18-22-19(24-26-18)14-4-2-3-13(11-14)16-7-8-21-23-16/h2-9,11H,10H2,1H3,(H,21,23). The minimum Gasteiger partial charge on any atom is -0.495 e. The smallest absolute Gasteiger partial charge is 0.231 e. The summed E-state index contributed by atoms with van der Waals surface area (Å²) in [6.45, 7) is 0. The van der Waals surface area contributed by atoms with E-state index in [0.717, 1.165) is 22.4 Å². The molecule has 0 bridgehead atoms. The maximum atomic E-state index is 6.16. The molecule has 0 saturated carbocycles. The Morgan fingerprint density at radius 1 is 1.12 bits per heavy atom. The van der Waals surface area contributed by atoms with Crippen LogP contribution in [0.4, 0.5) is 0 Å². The summed E-state index contributed by atoms with van der Waals surface area (Å²) in [4.78, 5) is 4.49. The monoisotopic (exact) mass is 366 g/mol. The third-order valence-corrected chi connectivity index (χ3v) is 4.27. The van der Waals surface area contributed by atoms with Crippen LogP contribution in [-0.4, -0.2) is 27.4 Å². The lowest BCUT2D eigenvalue weighted by molar-refractivity contribution is 0.385. The molecule has 0 unspecified atom stereocenters. The van der Waals surface area contributed by atoms with Crippen LogP contribution in [0.3, 0.4) is 0 Å². The van der Waals surface area contributed by atoms with Crippen LogP contribution in [0.2, 0.25) is 5.02 Å². The Labute approximate surface area is 154 Å². The van der Waals surface area contributed by atoms with E-state index in [4.69, 9.17) is 20.9 Å². The normalized spacial score (nSPS) is 10.8. The lowest BCUT2D eigenvalue weighted by atomic mass is 10.1. The number of aromatic nitrogens is 4. The Hall–Kier alpha value is -3.12. The Morgan fingerprint density at radius 3 is 2.77 bits per heavy atom. The second-order valence-electron chi connectivity index (χ2n) is 5.71. The first-order valence-corrected chi connectivity index (χ1v) is 8.36. The molecule has 2 aromatic heterocycles. The van der Waals surface area contributed by atoms with Crippen molar-refractivity contribution in [3.63, 3.8) is 0 Å². The summed E-state index contributed by atoms with van der Waals surface area (Å²) in [5.74, 6) is 1.70. The van der Waals surface area contributed by atoms with Gasteiger partial charge in [0.15, 0.2) is 0 Å². The summed E-state index contributed by atoms with van der Waals surface area (Å²) in [5, 5.41) is 11.6. The van der Waals surface area contributed by atoms with Crippen molar-refractivity contribution in [2.75, 3.05) is 7.11 Å². The van der Waals surface area contributed by atoms with Crippen molar-refractivity contribution in [3.05, 3.63) is 71.2 Å². The molecule has 7 heteroatoms. The molecule has 0 saturated heterocycles. The average molecular weight is 367 g/mol. The SMILES string of the molecule is COc1ccc(Cc2nc(-c3cccc(-c4ccn[nH]4)c3)no2)cc1Cl. The van der Waals surface area contributed by atoms with Gasteiger partial charge in [0.1, 0.15) is 5.75 Å². The molecule has 0 aliphatic rings. The zero-order chi connectivity index (χ0) is 17.9. The van der Waals surface area contributed by atoms with E-state index in [-0.39, 0.29) is 0 Å². The van der Waals surface area contributed by atoms with Crippen molar-refractivity contribution in [1.82, 2.24) is 20.3 Å². The highest BCUT2D eigenvalue weighted by atomic mass is 35.5. The molecule has 0 aliphatic heterocycles. The molecule has 4 aromatic rings. The van der Waals surface area contributed by atoms with Gasteiger partial charge in [-0.3, -0.25) is 5.10 Å². The number of ether oxygens (including phenoxy) is 1. The first kappa shape index (κ1) is 16.4. The van der Waals surface area contributed by atoms with Crippen molar-refractivity contribution in [2.45, 2.75) is 6.42 Å². The van der Waals surface area contributed by atoms with Gasteiger partial charge in [-0.2, -0.15) is 10.1 Å². The topological polar surface area (TPSA) is 76.8 Å². The fourth-order valence-corrected chi connectivity index (χ4v) is 2.96. The quantitative estimate of drug-likeness (QED) is 0.567. The lowest BCUT2D eigenvalue weighted by Gasteiger charge is -2.04. The van der Waals surface area contributed by atoms with Gasteiger partial charge in [0.25, 0.3) is 0 Å². The van der Waals surface area contributed by atoms with E-state index < -0.39 is 0 Å². The van der Waals surface area contributed by atoms with Crippen LogP contribution in [0.5, 0.6) is 5.75 Å². The molecular formula is C19H15ClN4O2. The molecule has 0 spiro atoms. The number of benzene rings is 2. The summed E-state index contributed by atoms with van der Waals surface area (Å²) in [6, 6.07) is 15.4. The number of nitrogens with one attached hydrogen (secondary N) is 1. The molecule has 0 radical (unpaired) electrons. The van der Waals surface area contributed by atoms with E-state index in [9.17, 15) is 0 Å². The highest BCUT2D eigenvalue weighted by Crippen LogP contribution is 2.27. The van der Waals surface area contributed by atoms with Crippen LogP contribution in [0, 0.1) is 0 Å². The van der Waals surface area contributed by atoms with Crippen molar-refractivity contribution < 1.29 is 9.26 Å². The summed E-state index contributed by atoms with van der Waals surface area (Å²) >= 11 is 6.16. The number of aromatic amines is 1. The lowest BCUT2D eigenvalue weighted by Crippen LogP contribution is -1.91. The number of H-pyrrole nitrogens is 1. The summed E-state index contributed by atoms with van der Waals surface area (Å²) in [5.41, 5.74) is 3.79. The molecule has 1 N–H and O–H groups in total. The molecule has 0 fully saturated rings. The van der Waals surface area contributed by atoms with Crippen LogP contribution >= 0.6 is 11.6 Å². The number of rotatable bonds is 5. The predicted octanol–water partition coefficient (Wildman–Crippen LogP) is 4.38.